The number of rotatable bonds is 2. The van der Waals surface area contributed by atoms with Crippen LogP contribution >= 0.6 is 12.2 Å². The van der Waals surface area contributed by atoms with Crippen LogP contribution in [-0.2, 0) is 0 Å². The van der Waals surface area contributed by atoms with Crippen LogP contribution < -0.4 is 0 Å². The molecule has 0 aliphatic heterocycles. The largest absolute Gasteiger partial charge is 0.458 e. The summed E-state index contributed by atoms with van der Waals surface area (Å²) in [4.78, 5) is 0. The third kappa shape index (κ3) is 1.43. The van der Waals surface area contributed by atoms with Gasteiger partial charge in [0.1, 0.15) is 5.76 Å². The van der Waals surface area contributed by atoms with E-state index in [1.165, 1.54) is 12.8 Å². The normalized spacial score (nSPS) is 15.8. The number of hydrogen-bond donors (Lipinski definition) is 1. The second kappa shape index (κ2) is 3.06. The second-order valence-corrected chi connectivity index (χ2v) is 4.25. The maximum Gasteiger partial charge on any atom is 0.198 e. The van der Waals surface area contributed by atoms with Crippen LogP contribution in [0.5, 0.6) is 0 Å². The average molecular weight is 221 g/mol. The SMILES string of the molecule is Cc1ccc(-c2n[nH]c(=S)n2C2CC2)o1. The predicted octanol–water partition coefficient (Wildman–Crippen LogP) is 2.84. The van der Waals surface area contributed by atoms with E-state index in [4.69, 9.17) is 16.6 Å². The Kier molecular flexibility index (Phi) is 1.82. The molecule has 1 N–H and O–H groups in total. The number of aryl methyl sites for hydroxylation is 1. The van der Waals surface area contributed by atoms with E-state index in [1.54, 1.807) is 0 Å². The van der Waals surface area contributed by atoms with E-state index in [9.17, 15) is 0 Å². The summed E-state index contributed by atoms with van der Waals surface area (Å²) < 4.78 is 8.28. The maximum atomic E-state index is 5.55. The van der Waals surface area contributed by atoms with Gasteiger partial charge in [-0.2, -0.15) is 5.10 Å². The van der Waals surface area contributed by atoms with Crippen LogP contribution in [0.15, 0.2) is 16.5 Å². The van der Waals surface area contributed by atoms with Gasteiger partial charge in [-0.3, -0.25) is 9.67 Å². The monoisotopic (exact) mass is 221 g/mol. The molecule has 0 radical (unpaired) electrons. The maximum absolute atomic E-state index is 5.55. The van der Waals surface area contributed by atoms with E-state index < -0.39 is 0 Å². The summed E-state index contributed by atoms with van der Waals surface area (Å²) in [5.74, 6) is 2.49. The number of furan rings is 1. The average Bonchev–Trinajstić information content (AvgIpc) is 2.84. The first-order valence-electron chi connectivity index (χ1n) is 4.99. The quantitative estimate of drug-likeness (QED) is 0.793. The Morgan fingerprint density at radius 2 is 2.33 bits per heavy atom. The van der Waals surface area contributed by atoms with Crippen LogP contribution in [0.25, 0.3) is 11.6 Å². The molecule has 1 aliphatic rings. The number of nitrogens with one attached hydrogen (secondary N) is 1. The van der Waals surface area contributed by atoms with Crippen molar-refractivity contribution >= 4 is 12.2 Å². The van der Waals surface area contributed by atoms with Gasteiger partial charge in [0.15, 0.2) is 16.4 Å². The van der Waals surface area contributed by atoms with Crippen LogP contribution in [0, 0.1) is 11.7 Å². The van der Waals surface area contributed by atoms with Gasteiger partial charge in [0.2, 0.25) is 0 Å². The first-order chi connectivity index (χ1) is 7.25. The van der Waals surface area contributed by atoms with Crippen molar-refractivity contribution in [2.75, 3.05) is 0 Å². The fourth-order valence-electron chi connectivity index (χ4n) is 1.70. The zero-order valence-corrected chi connectivity index (χ0v) is 9.17. The second-order valence-electron chi connectivity index (χ2n) is 3.86. The highest BCUT2D eigenvalue weighted by molar-refractivity contribution is 7.71. The molecule has 1 fully saturated rings. The fourth-order valence-corrected chi connectivity index (χ4v) is 1.99. The molecular weight excluding hydrogens is 210 g/mol. The number of aromatic amines is 1. The summed E-state index contributed by atoms with van der Waals surface area (Å²) in [6, 6.07) is 4.38. The van der Waals surface area contributed by atoms with Crippen LogP contribution in [0.3, 0.4) is 0 Å². The zero-order valence-electron chi connectivity index (χ0n) is 8.36. The molecule has 5 heteroatoms. The Bertz CT molecular complexity index is 547. The summed E-state index contributed by atoms with van der Waals surface area (Å²) in [6.45, 7) is 1.92. The Balaban J connectivity index is 2.15. The highest BCUT2D eigenvalue weighted by Crippen LogP contribution is 2.38. The minimum atomic E-state index is 0.511. The number of nitrogens with zero attached hydrogens (tertiary/aromatic N) is 2. The Labute approximate surface area is 91.9 Å². The molecular formula is C10H11N3OS. The number of aromatic nitrogens is 3. The van der Waals surface area contributed by atoms with Crippen LogP contribution in [-0.4, -0.2) is 14.8 Å². The van der Waals surface area contributed by atoms with Gasteiger partial charge in [-0.05, 0) is 44.1 Å². The molecule has 78 valence electrons. The van der Waals surface area contributed by atoms with Crippen LogP contribution in [0.4, 0.5) is 0 Å². The van der Waals surface area contributed by atoms with Crippen molar-refractivity contribution in [1.82, 2.24) is 14.8 Å². The third-order valence-electron chi connectivity index (χ3n) is 2.58. The molecule has 0 unspecified atom stereocenters. The summed E-state index contributed by atoms with van der Waals surface area (Å²) in [6.07, 6.45) is 2.36. The van der Waals surface area contributed by atoms with E-state index in [1.807, 2.05) is 23.6 Å². The number of H-pyrrole nitrogens is 1. The summed E-state index contributed by atoms with van der Waals surface area (Å²) >= 11 is 5.20. The van der Waals surface area contributed by atoms with Gasteiger partial charge in [0, 0.05) is 6.04 Å². The molecule has 0 spiro atoms. The van der Waals surface area contributed by atoms with Crippen molar-refractivity contribution in [3.8, 4) is 11.6 Å². The molecule has 2 aromatic rings. The molecule has 0 atom stereocenters. The fraction of sp³-hybridized carbons (Fsp3) is 0.400. The first-order valence-corrected chi connectivity index (χ1v) is 5.40. The van der Waals surface area contributed by atoms with E-state index in [-0.39, 0.29) is 0 Å². The molecule has 0 aromatic carbocycles. The summed E-state index contributed by atoms with van der Waals surface area (Å²) in [7, 11) is 0. The molecule has 3 rings (SSSR count). The molecule has 2 aromatic heterocycles. The van der Waals surface area contributed by atoms with Gasteiger partial charge in [-0.1, -0.05) is 0 Å². The summed E-state index contributed by atoms with van der Waals surface area (Å²) in [5, 5.41) is 7.03. The highest BCUT2D eigenvalue weighted by Gasteiger charge is 2.28. The van der Waals surface area contributed by atoms with Crippen molar-refractivity contribution < 1.29 is 4.42 Å². The van der Waals surface area contributed by atoms with Crippen LogP contribution in [0.2, 0.25) is 0 Å². The van der Waals surface area contributed by atoms with E-state index >= 15 is 0 Å². The van der Waals surface area contributed by atoms with E-state index in [0.717, 1.165) is 17.3 Å². The van der Waals surface area contributed by atoms with Crippen molar-refractivity contribution in [1.29, 1.82) is 0 Å². The van der Waals surface area contributed by atoms with Crippen molar-refractivity contribution in [2.24, 2.45) is 0 Å². The molecule has 1 aliphatic carbocycles. The van der Waals surface area contributed by atoms with Gasteiger partial charge in [-0.15, -0.1) is 0 Å². The van der Waals surface area contributed by atoms with E-state index in [0.29, 0.717) is 10.8 Å². The lowest BCUT2D eigenvalue weighted by molar-refractivity contribution is 0.538. The molecule has 0 saturated heterocycles. The minimum Gasteiger partial charge on any atom is -0.458 e. The minimum absolute atomic E-state index is 0.511. The van der Waals surface area contributed by atoms with Crippen molar-refractivity contribution in [3.63, 3.8) is 0 Å². The Morgan fingerprint density at radius 3 is 2.93 bits per heavy atom. The van der Waals surface area contributed by atoms with Crippen molar-refractivity contribution in [2.45, 2.75) is 25.8 Å². The van der Waals surface area contributed by atoms with Crippen LogP contribution in [0.1, 0.15) is 24.6 Å². The Morgan fingerprint density at radius 1 is 1.53 bits per heavy atom. The molecule has 0 bridgehead atoms. The highest BCUT2D eigenvalue weighted by atomic mass is 32.1. The molecule has 1 saturated carbocycles. The van der Waals surface area contributed by atoms with Gasteiger partial charge in [-0.25, -0.2) is 0 Å². The summed E-state index contributed by atoms with van der Waals surface area (Å²) in [5.41, 5.74) is 0. The van der Waals surface area contributed by atoms with E-state index in [2.05, 4.69) is 10.2 Å². The number of hydrogen-bond acceptors (Lipinski definition) is 3. The topological polar surface area (TPSA) is 46.8 Å². The first kappa shape index (κ1) is 8.91. The molecule has 0 amide bonds. The smallest absolute Gasteiger partial charge is 0.198 e. The van der Waals surface area contributed by atoms with Gasteiger partial charge >= 0.3 is 0 Å². The molecule has 2 heterocycles. The lowest BCUT2D eigenvalue weighted by Gasteiger charge is -2.00. The van der Waals surface area contributed by atoms with Gasteiger partial charge in [0.05, 0.1) is 0 Å². The lowest BCUT2D eigenvalue weighted by Crippen LogP contribution is -1.96. The molecule has 15 heavy (non-hydrogen) atoms. The predicted molar refractivity (Wildman–Crippen MR) is 58.1 cm³/mol. The zero-order chi connectivity index (χ0) is 10.4. The third-order valence-corrected chi connectivity index (χ3v) is 2.87. The Hall–Kier alpha value is -1.36. The van der Waals surface area contributed by atoms with Gasteiger partial charge < -0.3 is 4.42 Å². The van der Waals surface area contributed by atoms with Gasteiger partial charge in [0.25, 0.3) is 0 Å². The lowest BCUT2D eigenvalue weighted by atomic mass is 10.4. The van der Waals surface area contributed by atoms with Crippen molar-refractivity contribution in [3.05, 3.63) is 22.7 Å². The standard InChI is InChI=1S/C10H11N3OS/c1-6-2-5-8(14-6)9-11-12-10(15)13(9)7-3-4-7/h2,5,7H,3-4H2,1H3,(H,12,15). The molecule has 4 nitrogen and oxygen atoms in total.